The summed E-state index contributed by atoms with van der Waals surface area (Å²) in [7, 11) is 0. The Morgan fingerprint density at radius 1 is 1.32 bits per heavy atom. The van der Waals surface area contributed by atoms with E-state index >= 15 is 0 Å². The van der Waals surface area contributed by atoms with E-state index in [2.05, 4.69) is 10.2 Å². The standard InChI is InChI=1S/C18H20N4O3/c1-12(2)16-19-20-17(25-16)15-11-22(7-8-24-15)18(23)13-9-14-5-3-4-6-21(14)10-13/h3-6,9-10,12,15H,7-8,11H2,1-2H3. The number of ether oxygens (including phenoxy) is 1. The monoisotopic (exact) mass is 340 g/mol. The van der Waals surface area contributed by atoms with Crippen LogP contribution in [0.4, 0.5) is 0 Å². The number of rotatable bonds is 3. The zero-order valence-electron chi connectivity index (χ0n) is 14.3. The van der Waals surface area contributed by atoms with Crippen LogP contribution in [-0.4, -0.2) is 45.1 Å². The molecule has 7 nitrogen and oxygen atoms in total. The number of carbonyl (C=O) groups excluding carboxylic acids is 1. The molecule has 3 aromatic rings. The maximum atomic E-state index is 12.9. The van der Waals surface area contributed by atoms with E-state index in [4.69, 9.17) is 9.15 Å². The van der Waals surface area contributed by atoms with E-state index in [-0.39, 0.29) is 17.9 Å². The van der Waals surface area contributed by atoms with Gasteiger partial charge >= 0.3 is 0 Å². The highest BCUT2D eigenvalue weighted by Crippen LogP contribution is 2.24. The first-order valence-corrected chi connectivity index (χ1v) is 8.43. The quantitative estimate of drug-likeness (QED) is 0.733. The molecular weight excluding hydrogens is 320 g/mol. The number of carbonyl (C=O) groups is 1. The van der Waals surface area contributed by atoms with E-state index in [0.29, 0.717) is 37.0 Å². The summed E-state index contributed by atoms with van der Waals surface area (Å²) in [5, 5.41) is 8.12. The molecule has 1 fully saturated rings. The number of hydrogen-bond acceptors (Lipinski definition) is 5. The van der Waals surface area contributed by atoms with Gasteiger partial charge in [-0.15, -0.1) is 10.2 Å². The van der Waals surface area contributed by atoms with Crippen molar-refractivity contribution >= 4 is 11.4 Å². The van der Waals surface area contributed by atoms with Crippen LogP contribution in [-0.2, 0) is 4.74 Å². The smallest absolute Gasteiger partial charge is 0.255 e. The molecule has 0 N–H and O–H groups in total. The largest absolute Gasteiger partial charge is 0.422 e. The van der Waals surface area contributed by atoms with Crippen LogP contribution in [0.3, 0.4) is 0 Å². The van der Waals surface area contributed by atoms with Crippen molar-refractivity contribution in [2.45, 2.75) is 25.9 Å². The lowest BCUT2D eigenvalue weighted by atomic mass is 10.2. The van der Waals surface area contributed by atoms with Gasteiger partial charge in [0.1, 0.15) is 0 Å². The summed E-state index contributed by atoms with van der Waals surface area (Å²) in [4.78, 5) is 14.6. The average Bonchev–Trinajstić information content (AvgIpc) is 3.28. The van der Waals surface area contributed by atoms with E-state index < -0.39 is 0 Å². The van der Waals surface area contributed by atoms with E-state index in [9.17, 15) is 4.79 Å². The minimum absolute atomic E-state index is 0.0133. The summed E-state index contributed by atoms with van der Waals surface area (Å²) in [6.07, 6.45) is 3.40. The Morgan fingerprint density at radius 2 is 2.20 bits per heavy atom. The van der Waals surface area contributed by atoms with Crippen molar-refractivity contribution in [2.24, 2.45) is 0 Å². The van der Waals surface area contributed by atoms with Gasteiger partial charge in [-0.2, -0.15) is 0 Å². The highest BCUT2D eigenvalue weighted by atomic mass is 16.5. The van der Waals surface area contributed by atoms with Crippen LogP contribution in [0.1, 0.15) is 48.0 Å². The van der Waals surface area contributed by atoms with Gasteiger partial charge in [-0.1, -0.05) is 19.9 Å². The number of morpholine rings is 1. The highest BCUT2D eigenvalue weighted by molar-refractivity contribution is 5.95. The molecular formula is C18H20N4O3. The summed E-state index contributed by atoms with van der Waals surface area (Å²) in [5.74, 6) is 1.17. The molecule has 0 saturated carbocycles. The van der Waals surface area contributed by atoms with Crippen LogP contribution >= 0.6 is 0 Å². The summed E-state index contributed by atoms with van der Waals surface area (Å²) in [6.45, 7) is 5.39. The fourth-order valence-corrected chi connectivity index (χ4v) is 2.95. The van der Waals surface area contributed by atoms with Gasteiger partial charge in [0.25, 0.3) is 5.91 Å². The molecule has 4 rings (SSSR count). The second-order valence-corrected chi connectivity index (χ2v) is 6.51. The lowest BCUT2D eigenvalue weighted by Gasteiger charge is -2.31. The molecule has 1 atom stereocenters. The molecule has 130 valence electrons. The Balaban J connectivity index is 1.52. The number of fused-ring (bicyclic) bond motifs is 1. The van der Waals surface area contributed by atoms with Crippen LogP contribution in [0, 0.1) is 0 Å². The number of amides is 1. The van der Waals surface area contributed by atoms with Crippen molar-refractivity contribution in [3.05, 3.63) is 54.0 Å². The number of nitrogens with zero attached hydrogens (tertiary/aromatic N) is 4. The SMILES string of the molecule is CC(C)c1nnc(C2CN(C(=O)c3cc4ccccn4c3)CCO2)o1. The molecule has 3 aromatic heterocycles. The van der Waals surface area contributed by atoms with Crippen LogP contribution in [0.2, 0.25) is 0 Å². The first-order valence-electron chi connectivity index (χ1n) is 8.43. The van der Waals surface area contributed by atoms with Crippen LogP contribution in [0.15, 0.2) is 41.1 Å². The van der Waals surface area contributed by atoms with E-state index in [1.165, 1.54) is 0 Å². The molecule has 1 amide bonds. The zero-order chi connectivity index (χ0) is 17.4. The third kappa shape index (κ3) is 3.02. The van der Waals surface area contributed by atoms with E-state index in [0.717, 1.165) is 5.52 Å². The van der Waals surface area contributed by atoms with Crippen molar-refractivity contribution in [2.75, 3.05) is 19.7 Å². The van der Waals surface area contributed by atoms with E-state index in [1.54, 1.807) is 4.90 Å². The summed E-state index contributed by atoms with van der Waals surface area (Å²) < 4.78 is 13.4. The van der Waals surface area contributed by atoms with Crippen molar-refractivity contribution < 1.29 is 13.9 Å². The van der Waals surface area contributed by atoms with Gasteiger partial charge in [0, 0.05) is 30.4 Å². The Hall–Kier alpha value is -2.67. The highest BCUT2D eigenvalue weighted by Gasteiger charge is 2.30. The summed E-state index contributed by atoms with van der Waals surface area (Å²) in [6, 6.07) is 7.77. The molecule has 7 heteroatoms. The Bertz CT molecular complexity index is 866. The predicted molar refractivity (Wildman–Crippen MR) is 90.4 cm³/mol. The molecule has 4 heterocycles. The molecule has 0 bridgehead atoms. The van der Waals surface area contributed by atoms with Crippen LogP contribution < -0.4 is 0 Å². The van der Waals surface area contributed by atoms with Gasteiger partial charge in [0.05, 0.1) is 18.7 Å². The maximum Gasteiger partial charge on any atom is 0.255 e. The number of hydrogen-bond donors (Lipinski definition) is 0. The van der Waals surface area contributed by atoms with Crippen LogP contribution in [0.25, 0.3) is 5.52 Å². The van der Waals surface area contributed by atoms with Crippen molar-refractivity contribution in [1.82, 2.24) is 19.5 Å². The van der Waals surface area contributed by atoms with E-state index in [1.807, 2.05) is 54.9 Å². The third-order valence-corrected chi connectivity index (χ3v) is 4.33. The van der Waals surface area contributed by atoms with Gasteiger partial charge in [-0.05, 0) is 18.2 Å². The fourth-order valence-electron chi connectivity index (χ4n) is 2.95. The summed E-state index contributed by atoms with van der Waals surface area (Å²) >= 11 is 0. The Labute approximate surface area is 145 Å². The van der Waals surface area contributed by atoms with Gasteiger partial charge < -0.3 is 18.5 Å². The molecule has 25 heavy (non-hydrogen) atoms. The fraction of sp³-hybridized carbons (Fsp3) is 0.389. The molecule has 1 aliphatic rings. The second-order valence-electron chi connectivity index (χ2n) is 6.51. The zero-order valence-corrected chi connectivity index (χ0v) is 14.3. The first kappa shape index (κ1) is 15.8. The van der Waals surface area contributed by atoms with Crippen molar-refractivity contribution in [3.63, 3.8) is 0 Å². The average molecular weight is 340 g/mol. The molecule has 1 unspecified atom stereocenters. The Kier molecular flexibility index (Phi) is 4.01. The molecule has 0 aromatic carbocycles. The lowest BCUT2D eigenvalue weighted by molar-refractivity contribution is -0.0351. The normalized spacial score (nSPS) is 18.2. The van der Waals surface area contributed by atoms with Gasteiger partial charge in [0.2, 0.25) is 11.8 Å². The van der Waals surface area contributed by atoms with Crippen molar-refractivity contribution in [1.29, 1.82) is 0 Å². The predicted octanol–water partition coefficient (Wildman–Crippen LogP) is 2.66. The molecule has 0 radical (unpaired) electrons. The van der Waals surface area contributed by atoms with Gasteiger partial charge in [0.15, 0.2) is 6.10 Å². The Morgan fingerprint density at radius 3 is 2.96 bits per heavy atom. The molecule has 1 saturated heterocycles. The first-order chi connectivity index (χ1) is 12.1. The minimum Gasteiger partial charge on any atom is -0.422 e. The summed E-state index contributed by atoms with van der Waals surface area (Å²) in [5.41, 5.74) is 1.66. The number of aromatic nitrogens is 3. The van der Waals surface area contributed by atoms with Gasteiger partial charge in [-0.25, -0.2) is 0 Å². The maximum absolute atomic E-state index is 12.9. The molecule has 1 aliphatic heterocycles. The molecule has 0 aliphatic carbocycles. The third-order valence-electron chi connectivity index (χ3n) is 4.33. The van der Waals surface area contributed by atoms with Crippen LogP contribution in [0.5, 0.6) is 0 Å². The minimum atomic E-state index is -0.380. The van der Waals surface area contributed by atoms with Crippen molar-refractivity contribution in [3.8, 4) is 0 Å². The lowest BCUT2D eigenvalue weighted by Crippen LogP contribution is -2.42. The van der Waals surface area contributed by atoms with Gasteiger partial charge in [-0.3, -0.25) is 4.79 Å². The second kappa shape index (κ2) is 6.33. The molecule has 0 spiro atoms. The topological polar surface area (TPSA) is 72.9 Å². The number of pyridine rings is 1.